The summed E-state index contributed by atoms with van der Waals surface area (Å²) in [6.45, 7) is 3.54. The van der Waals surface area contributed by atoms with Crippen LogP contribution >= 0.6 is 11.6 Å². The molecule has 4 nitrogen and oxygen atoms in total. The average molecular weight is 359 g/mol. The summed E-state index contributed by atoms with van der Waals surface area (Å²) in [5, 5.41) is 0.690. The van der Waals surface area contributed by atoms with Crippen molar-refractivity contribution in [3.05, 3.63) is 70.7 Å². The number of ether oxygens (including phenoxy) is 1. The predicted octanol–water partition coefficient (Wildman–Crippen LogP) is 3.58. The van der Waals surface area contributed by atoms with Crippen molar-refractivity contribution >= 4 is 17.5 Å². The quantitative estimate of drug-likeness (QED) is 0.908. The molecule has 3 unspecified atom stereocenters. The van der Waals surface area contributed by atoms with E-state index < -0.39 is 0 Å². The molecule has 0 aliphatic carbocycles. The number of hydrogen-bond acceptors (Lipinski definition) is 3. The minimum absolute atomic E-state index is 0.0682. The zero-order valence-electron chi connectivity index (χ0n) is 14.3. The van der Waals surface area contributed by atoms with Gasteiger partial charge in [0.25, 0.3) is 0 Å². The first-order chi connectivity index (χ1) is 12.1. The molecule has 0 spiro atoms. The molecule has 132 valence electrons. The lowest BCUT2D eigenvalue weighted by atomic mass is 9.93. The number of carbonyl (C=O) groups excluding carboxylic acids is 1. The average Bonchev–Trinajstić information content (AvgIpc) is 2.67. The molecule has 0 aromatic heterocycles. The number of rotatable bonds is 4. The summed E-state index contributed by atoms with van der Waals surface area (Å²) in [6.07, 6.45) is -0.130. The summed E-state index contributed by atoms with van der Waals surface area (Å²) < 4.78 is 5.84. The molecule has 3 atom stereocenters. The third-order valence-corrected chi connectivity index (χ3v) is 4.98. The molecule has 1 aliphatic heterocycles. The Kier molecular flexibility index (Phi) is 5.74. The fourth-order valence-corrected chi connectivity index (χ4v) is 3.26. The Hall–Kier alpha value is -1.88. The Morgan fingerprint density at radius 2 is 1.88 bits per heavy atom. The highest BCUT2D eigenvalue weighted by Crippen LogP contribution is 2.27. The summed E-state index contributed by atoms with van der Waals surface area (Å²) in [4.78, 5) is 14.8. The van der Waals surface area contributed by atoms with Gasteiger partial charge < -0.3 is 15.4 Å². The largest absolute Gasteiger partial charge is 0.370 e. The van der Waals surface area contributed by atoms with E-state index in [4.69, 9.17) is 22.1 Å². The van der Waals surface area contributed by atoms with Crippen molar-refractivity contribution < 1.29 is 9.53 Å². The van der Waals surface area contributed by atoms with E-state index in [-0.39, 0.29) is 24.0 Å². The Bertz CT molecular complexity index is 705. The molecule has 2 N–H and O–H groups in total. The maximum atomic E-state index is 12.9. The van der Waals surface area contributed by atoms with Gasteiger partial charge in [0.2, 0.25) is 5.91 Å². The van der Waals surface area contributed by atoms with Crippen LogP contribution in [0.15, 0.2) is 54.6 Å². The Balaban J connectivity index is 1.68. The van der Waals surface area contributed by atoms with Gasteiger partial charge in [0.1, 0.15) is 6.10 Å². The lowest BCUT2D eigenvalue weighted by molar-refractivity contribution is -0.143. The number of amides is 1. The molecule has 0 bridgehead atoms. The van der Waals surface area contributed by atoms with Crippen molar-refractivity contribution in [3.8, 4) is 0 Å². The Morgan fingerprint density at radius 3 is 2.56 bits per heavy atom. The summed E-state index contributed by atoms with van der Waals surface area (Å²) in [7, 11) is 0. The number of hydrogen-bond donors (Lipinski definition) is 1. The summed E-state index contributed by atoms with van der Waals surface area (Å²) in [5.74, 6) is -0.218. The van der Waals surface area contributed by atoms with E-state index in [2.05, 4.69) is 0 Å². The van der Waals surface area contributed by atoms with Crippen molar-refractivity contribution in [2.75, 3.05) is 19.7 Å². The second-order valence-corrected chi connectivity index (χ2v) is 6.86. The van der Waals surface area contributed by atoms with Gasteiger partial charge in [-0.15, -0.1) is 0 Å². The standard InChI is InChI=1S/C20H23ClN2O2/c1-14(19(22)16-5-3-2-4-6-16)20(24)23-11-12-25-18(13-23)15-7-9-17(21)10-8-15/h2-10,14,18-19H,11-13,22H2,1H3. The third kappa shape index (κ3) is 4.21. The maximum absolute atomic E-state index is 12.9. The minimum Gasteiger partial charge on any atom is -0.370 e. The number of nitrogens with two attached hydrogens (primary N) is 1. The van der Waals surface area contributed by atoms with E-state index in [0.717, 1.165) is 11.1 Å². The molecule has 1 fully saturated rings. The first kappa shape index (κ1) is 17.9. The van der Waals surface area contributed by atoms with Crippen LogP contribution in [-0.2, 0) is 9.53 Å². The van der Waals surface area contributed by atoms with Crippen LogP contribution in [0, 0.1) is 5.92 Å². The smallest absolute Gasteiger partial charge is 0.227 e. The number of nitrogens with zero attached hydrogens (tertiary/aromatic N) is 1. The monoisotopic (exact) mass is 358 g/mol. The fraction of sp³-hybridized carbons (Fsp3) is 0.350. The second-order valence-electron chi connectivity index (χ2n) is 6.42. The van der Waals surface area contributed by atoms with Gasteiger partial charge in [0.15, 0.2) is 0 Å². The zero-order chi connectivity index (χ0) is 17.8. The molecular formula is C20H23ClN2O2. The number of morpholine rings is 1. The summed E-state index contributed by atoms with van der Waals surface area (Å²) >= 11 is 5.95. The predicted molar refractivity (Wildman–Crippen MR) is 99.3 cm³/mol. The van der Waals surface area contributed by atoms with E-state index in [1.807, 2.05) is 66.4 Å². The molecule has 2 aromatic rings. The molecule has 0 saturated carbocycles. The molecule has 1 heterocycles. The van der Waals surface area contributed by atoms with Crippen LogP contribution in [-0.4, -0.2) is 30.5 Å². The van der Waals surface area contributed by atoms with Gasteiger partial charge in [-0.2, -0.15) is 0 Å². The summed E-state index contributed by atoms with van der Waals surface area (Å²) in [5.41, 5.74) is 8.32. The SMILES string of the molecule is CC(C(=O)N1CCOC(c2ccc(Cl)cc2)C1)C(N)c1ccccc1. The van der Waals surface area contributed by atoms with Gasteiger partial charge in [-0.25, -0.2) is 0 Å². The van der Waals surface area contributed by atoms with Gasteiger partial charge in [-0.3, -0.25) is 4.79 Å². The van der Waals surface area contributed by atoms with Crippen molar-refractivity contribution in [3.63, 3.8) is 0 Å². The molecule has 2 aromatic carbocycles. The Morgan fingerprint density at radius 1 is 1.20 bits per heavy atom. The van der Waals surface area contributed by atoms with Crippen LogP contribution in [0.5, 0.6) is 0 Å². The van der Waals surface area contributed by atoms with Gasteiger partial charge in [0, 0.05) is 17.6 Å². The van der Waals surface area contributed by atoms with Gasteiger partial charge in [-0.1, -0.05) is 61.0 Å². The number of benzene rings is 2. The van der Waals surface area contributed by atoms with Crippen LogP contribution in [0.3, 0.4) is 0 Å². The van der Waals surface area contributed by atoms with E-state index in [1.165, 1.54) is 0 Å². The molecule has 1 saturated heterocycles. The molecule has 0 radical (unpaired) electrons. The third-order valence-electron chi connectivity index (χ3n) is 4.73. The lowest BCUT2D eigenvalue weighted by Gasteiger charge is -2.35. The number of carbonyl (C=O) groups is 1. The van der Waals surface area contributed by atoms with Crippen LogP contribution in [0.2, 0.25) is 5.02 Å². The topological polar surface area (TPSA) is 55.6 Å². The van der Waals surface area contributed by atoms with Gasteiger partial charge >= 0.3 is 0 Å². The van der Waals surface area contributed by atoms with Crippen LogP contribution in [0.4, 0.5) is 0 Å². The van der Waals surface area contributed by atoms with E-state index >= 15 is 0 Å². The normalized spacial score (nSPS) is 20.1. The van der Waals surface area contributed by atoms with Crippen LogP contribution < -0.4 is 5.73 Å². The second kappa shape index (κ2) is 8.00. The highest BCUT2D eigenvalue weighted by molar-refractivity contribution is 6.30. The zero-order valence-corrected chi connectivity index (χ0v) is 15.0. The Labute approximate surface area is 153 Å². The highest BCUT2D eigenvalue weighted by atomic mass is 35.5. The van der Waals surface area contributed by atoms with E-state index in [1.54, 1.807) is 0 Å². The van der Waals surface area contributed by atoms with Gasteiger partial charge in [-0.05, 0) is 23.3 Å². The van der Waals surface area contributed by atoms with E-state index in [9.17, 15) is 4.79 Å². The van der Waals surface area contributed by atoms with Crippen LogP contribution in [0.25, 0.3) is 0 Å². The molecular weight excluding hydrogens is 336 g/mol. The summed E-state index contributed by atoms with van der Waals surface area (Å²) in [6, 6.07) is 17.0. The van der Waals surface area contributed by atoms with E-state index in [0.29, 0.717) is 24.7 Å². The maximum Gasteiger partial charge on any atom is 0.227 e. The first-order valence-electron chi connectivity index (χ1n) is 8.52. The lowest BCUT2D eigenvalue weighted by Crippen LogP contribution is -2.46. The van der Waals surface area contributed by atoms with Crippen molar-refractivity contribution in [2.24, 2.45) is 11.7 Å². The molecule has 3 rings (SSSR count). The first-order valence-corrected chi connectivity index (χ1v) is 8.90. The molecule has 5 heteroatoms. The number of halogens is 1. The van der Waals surface area contributed by atoms with Crippen LogP contribution in [0.1, 0.15) is 30.2 Å². The van der Waals surface area contributed by atoms with Crippen molar-refractivity contribution in [2.45, 2.75) is 19.1 Å². The minimum atomic E-state index is -0.314. The highest BCUT2D eigenvalue weighted by Gasteiger charge is 2.31. The van der Waals surface area contributed by atoms with Gasteiger partial charge in [0.05, 0.1) is 19.1 Å². The van der Waals surface area contributed by atoms with Crippen molar-refractivity contribution in [1.29, 1.82) is 0 Å². The molecule has 1 amide bonds. The fourth-order valence-electron chi connectivity index (χ4n) is 3.13. The van der Waals surface area contributed by atoms with Crippen molar-refractivity contribution in [1.82, 2.24) is 4.90 Å². The molecule has 1 aliphatic rings. The molecule has 25 heavy (non-hydrogen) atoms.